The number of aromatic amines is 1. The van der Waals surface area contributed by atoms with E-state index in [2.05, 4.69) is 4.98 Å². The van der Waals surface area contributed by atoms with E-state index in [0.717, 1.165) is 12.8 Å². The Bertz CT molecular complexity index is 1090. The molecule has 2 aromatic rings. The average Bonchev–Trinajstić information content (AvgIpc) is 3.35. The summed E-state index contributed by atoms with van der Waals surface area (Å²) in [5.41, 5.74) is -0.597. The lowest BCUT2D eigenvalue weighted by molar-refractivity contribution is -0.0723. The van der Waals surface area contributed by atoms with Crippen LogP contribution in [0.15, 0.2) is 9.59 Å². The highest BCUT2D eigenvalue weighted by Crippen LogP contribution is 2.41. The van der Waals surface area contributed by atoms with E-state index in [1.54, 1.807) is 32.3 Å². The van der Waals surface area contributed by atoms with Gasteiger partial charge in [0.15, 0.2) is 5.82 Å². The van der Waals surface area contributed by atoms with Gasteiger partial charge in [0, 0.05) is 36.2 Å². The van der Waals surface area contributed by atoms with E-state index in [1.807, 2.05) is 4.90 Å². The van der Waals surface area contributed by atoms with Gasteiger partial charge in [0.2, 0.25) is 0 Å². The minimum Gasteiger partial charge on any atom is -0.390 e. The first-order valence-corrected chi connectivity index (χ1v) is 10.1. The SMILES string of the molecule is Cc1c(F)c(N2CCC(C(O)C(C)(C)O)C2)c(C)c2c1c(=O)[nH]c(=O)n2C1CC1. The first kappa shape index (κ1) is 20.1. The van der Waals surface area contributed by atoms with Crippen LogP contribution in [0.4, 0.5) is 10.1 Å². The molecule has 7 nitrogen and oxygen atoms in total. The molecule has 158 valence electrons. The minimum absolute atomic E-state index is 0.0293. The van der Waals surface area contributed by atoms with Crippen molar-refractivity contribution < 1.29 is 14.6 Å². The molecule has 1 saturated carbocycles. The average molecular weight is 405 g/mol. The van der Waals surface area contributed by atoms with Gasteiger partial charge in [0.05, 0.1) is 28.3 Å². The Labute approximate surface area is 167 Å². The molecule has 0 spiro atoms. The lowest BCUT2D eigenvalue weighted by Crippen LogP contribution is -2.42. The molecule has 3 N–H and O–H groups in total. The molecule has 1 saturated heterocycles. The quantitative estimate of drug-likeness (QED) is 0.720. The standard InChI is InChI=1S/C21H28FN3O4/c1-10-14-16(25(13-5-6-13)20(28)23-19(14)27)11(2)17(15(10)22)24-8-7-12(9-24)18(26)21(3,4)29/h12-13,18,26,29H,5-9H2,1-4H3,(H,23,27,28). The zero-order chi connectivity index (χ0) is 21.2. The molecule has 2 heterocycles. The van der Waals surface area contributed by atoms with Crippen LogP contribution in [-0.2, 0) is 0 Å². The van der Waals surface area contributed by atoms with E-state index >= 15 is 4.39 Å². The highest BCUT2D eigenvalue weighted by molar-refractivity contribution is 5.90. The lowest BCUT2D eigenvalue weighted by Gasteiger charge is -2.30. The Balaban J connectivity index is 1.88. The number of nitrogens with zero attached hydrogens (tertiary/aromatic N) is 2. The minimum atomic E-state index is -1.24. The van der Waals surface area contributed by atoms with E-state index in [4.69, 9.17) is 0 Å². The molecular weight excluding hydrogens is 377 g/mol. The van der Waals surface area contributed by atoms with Gasteiger partial charge in [-0.3, -0.25) is 14.3 Å². The summed E-state index contributed by atoms with van der Waals surface area (Å²) >= 11 is 0. The molecule has 1 aromatic carbocycles. The second-order valence-electron chi connectivity index (χ2n) is 9.09. The smallest absolute Gasteiger partial charge is 0.329 e. The molecule has 1 aliphatic carbocycles. The number of fused-ring (bicyclic) bond motifs is 1. The maximum absolute atomic E-state index is 15.4. The molecule has 1 aromatic heterocycles. The van der Waals surface area contributed by atoms with Crippen molar-refractivity contribution in [2.45, 2.75) is 64.7 Å². The van der Waals surface area contributed by atoms with Crippen molar-refractivity contribution in [3.8, 4) is 0 Å². The summed E-state index contributed by atoms with van der Waals surface area (Å²) in [6.45, 7) is 7.36. The predicted molar refractivity (Wildman–Crippen MR) is 109 cm³/mol. The van der Waals surface area contributed by atoms with Crippen LogP contribution in [0.2, 0.25) is 0 Å². The summed E-state index contributed by atoms with van der Waals surface area (Å²) in [6, 6.07) is 0.0293. The third-order valence-electron chi connectivity index (χ3n) is 6.39. The topological polar surface area (TPSA) is 98.6 Å². The van der Waals surface area contributed by atoms with Crippen LogP contribution in [0, 0.1) is 25.6 Å². The normalized spacial score (nSPS) is 21.2. The fraction of sp³-hybridized carbons (Fsp3) is 0.619. The van der Waals surface area contributed by atoms with E-state index in [1.165, 1.54) is 0 Å². The summed E-state index contributed by atoms with van der Waals surface area (Å²) in [7, 11) is 0. The van der Waals surface area contributed by atoms with E-state index < -0.39 is 28.8 Å². The van der Waals surface area contributed by atoms with Gasteiger partial charge in [-0.15, -0.1) is 0 Å². The van der Waals surface area contributed by atoms with E-state index in [9.17, 15) is 19.8 Å². The maximum atomic E-state index is 15.4. The molecule has 0 amide bonds. The summed E-state index contributed by atoms with van der Waals surface area (Å²) in [5, 5.41) is 20.8. The van der Waals surface area contributed by atoms with Crippen molar-refractivity contribution in [2.24, 2.45) is 5.92 Å². The number of hydrogen-bond donors (Lipinski definition) is 3. The highest BCUT2D eigenvalue weighted by atomic mass is 19.1. The molecule has 0 bridgehead atoms. The molecule has 29 heavy (non-hydrogen) atoms. The Morgan fingerprint density at radius 1 is 1.17 bits per heavy atom. The second-order valence-corrected chi connectivity index (χ2v) is 9.09. The zero-order valence-corrected chi connectivity index (χ0v) is 17.3. The Morgan fingerprint density at radius 3 is 2.41 bits per heavy atom. The van der Waals surface area contributed by atoms with E-state index in [-0.39, 0.29) is 22.9 Å². The number of aryl methyl sites for hydroxylation is 2. The van der Waals surface area contributed by atoms with Crippen LogP contribution < -0.4 is 16.1 Å². The van der Waals surface area contributed by atoms with Crippen LogP contribution in [0.1, 0.15) is 50.3 Å². The Hall–Kier alpha value is -2.19. The fourth-order valence-corrected chi connectivity index (χ4v) is 4.71. The van der Waals surface area contributed by atoms with Gasteiger partial charge in [0.25, 0.3) is 5.56 Å². The van der Waals surface area contributed by atoms with Crippen molar-refractivity contribution >= 4 is 16.6 Å². The number of aliphatic hydroxyl groups is 2. The first-order valence-electron chi connectivity index (χ1n) is 10.1. The second kappa shape index (κ2) is 6.67. The van der Waals surface area contributed by atoms with Gasteiger partial charge in [-0.25, -0.2) is 9.18 Å². The predicted octanol–water partition coefficient (Wildman–Crippen LogP) is 1.74. The molecule has 2 atom stereocenters. The third-order valence-corrected chi connectivity index (χ3v) is 6.39. The molecule has 0 radical (unpaired) electrons. The largest absolute Gasteiger partial charge is 0.390 e. The van der Waals surface area contributed by atoms with Gasteiger partial charge < -0.3 is 15.1 Å². The van der Waals surface area contributed by atoms with Crippen molar-refractivity contribution in [1.82, 2.24) is 9.55 Å². The number of halogens is 1. The van der Waals surface area contributed by atoms with Gasteiger partial charge in [-0.1, -0.05) is 0 Å². The number of aliphatic hydroxyl groups excluding tert-OH is 1. The van der Waals surface area contributed by atoms with Crippen LogP contribution in [0.25, 0.3) is 10.9 Å². The lowest BCUT2D eigenvalue weighted by atomic mass is 9.89. The van der Waals surface area contributed by atoms with Crippen molar-refractivity contribution in [2.75, 3.05) is 18.0 Å². The number of hydrogen-bond acceptors (Lipinski definition) is 5. The monoisotopic (exact) mass is 405 g/mol. The van der Waals surface area contributed by atoms with Gasteiger partial charge in [0.1, 0.15) is 0 Å². The number of aromatic nitrogens is 2. The van der Waals surface area contributed by atoms with Gasteiger partial charge >= 0.3 is 5.69 Å². The molecule has 4 rings (SSSR count). The Morgan fingerprint density at radius 2 is 1.83 bits per heavy atom. The summed E-state index contributed by atoms with van der Waals surface area (Å²) < 4.78 is 17.0. The van der Waals surface area contributed by atoms with E-state index in [0.29, 0.717) is 36.3 Å². The molecule has 2 fully saturated rings. The van der Waals surface area contributed by atoms with Crippen molar-refractivity contribution in [3.05, 3.63) is 37.8 Å². The number of H-pyrrole nitrogens is 1. The summed E-state index contributed by atoms with van der Waals surface area (Å²) in [5.74, 6) is -0.672. The summed E-state index contributed by atoms with van der Waals surface area (Å²) in [4.78, 5) is 29.2. The highest BCUT2D eigenvalue weighted by Gasteiger charge is 2.38. The van der Waals surface area contributed by atoms with Crippen LogP contribution >= 0.6 is 0 Å². The molecular formula is C21H28FN3O4. The molecule has 8 heteroatoms. The zero-order valence-electron chi connectivity index (χ0n) is 17.3. The Kier molecular flexibility index (Phi) is 4.62. The third kappa shape index (κ3) is 3.18. The number of rotatable bonds is 4. The van der Waals surface area contributed by atoms with Gasteiger partial charge in [-0.05, 0) is 47.0 Å². The molecule has 2 unspecified atom stereocenters. The van der Waals surface area contributed by atoms with Crippen molar-refractivity contribution in [3.63, 3.8) is 0 Å². The van der Waals surface area contributed by atoms with Crippen LogP contribution in [-0.4, -0.2) is 44.6 Å². The number of nitrogens with one attached hydrogen (secondary N) is 1. The molecule has 1 aliphatic heterocycles. The number of anilines is 1. The maximum Gasteiger partial charge on any atom is 0.329 e. The first-order chi connectivity index (χ1) is 13.5. The van der Waals surface area contributed by atoms with Crippen LogP contribution in [0.3, 0.4) is 0 Å². The van der Waals surface area contributed by atoms with Crippen LogP contribution in [0.5, 0.6) is 0 Å². The molecule has 2 aliphatic rings. The number of benzene rings is 1. The van der Waals surface area contributed by atoms with Gasteiger partial charge in [-0.2, -0.15) is 0 Å². The van der Waals surface area contributed by atoms with Crippen molar-refractivity contribution in [1.29, 1.82) is 0 Å². The fourth-order valence-electron chi connectivity index (χ4n) is 4.71. The summed E-state index contributed by atoms with van der Waals surface area (Å²) in [6.07, 6.45) is 1.40.